The fourth-order valence-electron chi connectivity index (χ4n) is 3.76. The van der Waals surface area contributed by atoms with Crippen LogP contribution >= 0.6 is 0 Å². The van der Waals surface area contributed by atoms with Gasteiger partial charge in [-0.1, -0.05) is 53.8 Å². The third kappa shape index (κ3) is 7.92. The van der Waals surface area contributed by atoms with Crippen molar-refractivity contribution in [1.82, 2.24) is 5.32 Å². The van der Waals surface area contributed by atoms with Crippen LogP contribution in [0.4, 0.5) is 0 Å². The Labute approximate surface area is 206 Å². The number of aryl methyl sites for hydroxylation is 3. The third-order valence-electron chi connectivity index (χ3n) is 5.74. The lowest BCUT2D eigenvalue weighted by Crippen LogP contribution is -2.48. The van der Waals surface area contributed by atoms with Crippen LogP contribution in [0.3, 0.4) is 0 Å². The van der Waals surface area contributed by atoms with Crippen molar-refractivity contribution in [3.63, 3.8) is 0 Å². The molecule has 1 amide bonds. The van der Waals surface area contributed by atoms with Crippen molar-refractivity contribution in [3.8, 4) is 11.8 Å². The highest BCUT2D eigenvalue weighted by Crippen LogP contribution is 2.11. The van der Waals surface area contributed by atoms with Crippen molar-refractivity contribution in [3.05, 3.63) is 106 Å². The minimum atomic E-state index is -1.16. The SMILES string of the molecule is Cc1cccc(CCCc2ccc(C#Cc3ccc(C(=O)N[C@H](C(=O)CO)[C@@H](C)O)cc3)cc2)c1. The van der Waals surface area contributed by atoms with Gasteiger partial charge in [0.2, 0.25) is 0 Å². The van der Waals surface area contributed by atoms with E-state index in [1.807, 2.05) is 12.1 Å². The van der Waals surface area contributed by atoms with Crippen molar-refractivity contribution in [2.45, 2.75) is 45.3 Å². The molecule has 2 atom stereocenters. The first kappa shape index (κ1) is 25.9. The minimum Gasteiger partial charge on any atom is -0.391 e. The van der Waals surface area contributed by atoms with Gasteiger partial charge in [-0.2, -0.15) is 0 Å². The second-order valence-corrected chi connectivity index (χ2v) is 8.68. The summed E-state index contributed by atoms with van der Waals surface area (Å²) in [6.07, 6.45) is 2.07. The van der Waals surface area contributed by atoms with Crippen molar-refractivity contribution < 1.29 is 19.8 Å². The Morgan fingerprint density at radius 2 is 1.49 bits per heavy atom. The van der Waals surface area contributed by atoms with E-state index in [2.05, 4.69) is 60.5 Å². The van der Waals surface area contributed by atoms with E-state index in [4.69, 9.17) is 5.11 Å². The largest absolute Gasteiger partial charge is 0.391 e. The molecule has 0 unspecified atom stereocenters. The molecule has 5 heteroatoms. The topological polar surface area (TPSA) is 86.6 Å². The normalized spacial score (nSPS) is 12.2. The lowest BCUT2D eigenvalue weighted by Gasteiger charge is -2.19. The molecule has 0 aliphatic rings. The number of hydrogen-bond donors (Lipinski definition) is 3. The molecule has 0 radical (unpaired) electrons. The highest BCUT2D eigenvalue weighted by Gasteiger charge is 2.25. The van der Waals surface area contributed by atoms with Gasteiger partial charge in [0.1, 0.15) is 12.6 Å². The predicted octanol–water partition coefficient (Wildman–Crippen LogP) is 3.61. The van der Waals surface area contributed by atoms with Crippen LogP contribution in [0, 0.1) is 18.8 Å². The molecule has 3 N–H and O–H groups in total. The Bertz CT molecular complexity index is 1200. The molecule has 0 aliphatic carbocycles. The Balaban J connectivity index is 1.54. The fourth-order valence-corrected chi connectivity index (χ4v) is 3.76. The number of carbonyl (C=O) groups excluding carboxylic acids is 2. The van der Waals surface area contributed by atoms with Gasteiger partial charge in [0.25, 0.3) is 5.91 Å². The molecule has 3 aromatic rings. The van der Waals surface area contributed by atoms with Crippen LogP contribution in [0.2, 0.25) is 0 Å². The summed E-state index contributed by atoms with van der Waals surface area (Å²) in [5.41, 5.74) is 5.95. The quantitative estimate of drug-likeness (QED) is 0.418. The molecule has 3 aromatic carbocycles. The van der Waals surface area contributed by atoms with Gasteiger partial charge in [0, 0.05) is 16.7 Å². The highest BCUT2D eigenvalue weighted by molar-refractivity contribution is 5.98. The zero-order chi connectivity index (χ0) is 25.2. The molecular formula is C30H31NO4. The van der Waals surface area contributed by atoms with Crippen LogP contribution in [0.15, 0.2) is 72.8 Å². The summed E-state index contributed by atoms with van der Waals surface area (Å²) in [7, 11) is 0. The Morgan fingerprint density at radius 3 is 2.06 bits per heavy atom. The monoisotopic (exact) mass is 469 g/mol. The van der Waals surface area contributed by atoms with Crippen LogP contribution in [-0.2, 0) is 17.6 Å². The predicted molar refractivity (Wildman–Crippen MR) is 137 cm³/mol. The number of benzene rings is 3. The molecule has 0 heterocycles. The van der Waals surface area contributed by atoms with Crippen LogP contribution in [0.25, 0.3) is 0 Å². The Hall–Kier alpha value is -3.72. The van der Waals surface area contributed by atoms with Gasteiger partial charge in [-0.05, 0) is 80.6 Å². The standard InChI is InChI=1S/C30H31NO4/c1-21-5-3-7-26(19-21)8-4-6-23-9-11-24(12-10-23)13-14-25-15-17-27(18-16-25)30(35)31-29(22(2)33)28(34)20-32/h3,5,7,9-12,15-19,22,29,32-33H,4,6,8,20H2,1-2H3,(H,31,35)/t22-,29+/m1/s1. The zero-order valence-electron chi connectivity index (χ0n) is 20.1. The number of ketones is 1. The minimum absolute atomic E-state index is 0.335. The van der Waals surface area contributed by atoms with E-state index in [9.17, 15) is 14.7 Å². The maximum Gasteiger partial charge on any atom is 0.251 e. The Morgan fingerprint density at radius 1 is 0.886 bits per heavy atom. The molecule has 0 saturated carbocycles. The van der Waals surface area contributed by atoms with E-state index < -0.39 is 30.4 Å². The average molecular weight is 470 g/mol. The highest BCUT2D eigenvalue weighted by atomic mass is 16.3. The van der Waals surface area contributed by atoms with E-state index in [0.29, 0.717) is 5.56 Å². The molecule has 180 valence electrons. The van der Waals surface area contributed by atoms with E-state index in [1.54, 1.807) is 24.3 Å². The Kier molecular flexibility index (Phi) is 9.37. The molecule has 0 bridgehead atoms. The van der Waals surface area contributed by atoms with Gasteiger partial charge in [0.15, 0.2) is 5.78 Å². The zero-order valence-corrected chi connectivity index (χ0v) is 20.1. The fraction of sp³-hybridized carbons (Fsp3) is 0.267. The van der Waals surface area contributed by atoms with Gasteiger partial charge in [0.05, 0.1) is 6.10 Å². The number of Topliss-reactive ketones (excluding diaryl/α,β-unsaturated/α-hetero) is 1. The van der Waals surface area contributed by atoms with Gasteiger partial charge >= 0.3 is 0 Å². The smallest absolute Gasteiger partial charge is 0.251 e. The first-order valence-electron chi connectivity index (χ1n) is 11.7. The summed E-state index contributed by atoms with van der Waals surface area (Å²) in [6.45, 7) is 2.75. The average Bonchev–Trinajstić information content (AvgIpc) is 2.86. The molecule has 0 fully saturated rings. The van der Waals surface area contributed by atoms with Crippen LogP contribution in [0.1, 0.15) is 51.5 Å². The number of nitrogens with one attached hydrogen (secondary N) is 1. The number of amides is 1. The van der Waals surface area contributed by atoms with Crippen molar-refractivity contribution in [2.24, 2.45) is 0 Å². The number of hydrogen-bond acceptors (Lipinski definition) is 4. The van der Waals surface area contributed by atoms with Gasteiger partial charge in [-0.15, -0.1) is 0 Å². The summed E-state index contributed by atoms with van der Waals surface area (Å²) in [5.74, 6) is 5.08. The number of carbonyl (C=O) groups is 2. The van der Waals surface area contributed by atoms with Crippen LogP contribution in [0.5, 0.6) is 0 Å². The summed E-state index contributed by atoms with van der Waals surface area (Å²) < 4.78 is 0. The maximum atomic E-state index is 12.4. The van der Waals surface area contributed by atoms with Gasteiger partial charge in [-0.25, -0.2) is 0 Å². The lowest BCUT2D eigenvalue weighted by molar-refractivity contribution is -0.125. The second kappa shape index (κ2) is 12.7. The maximum absolute atomic E-state index is 12.4. The first-order chi connectivity index (χ1) is 16.9. The molecule has 3 rings (SSSR count). The number of aliphatic hydroxyl groups is 2. The third-order valence-corrected chi connectivity index (χ3v) is 5.74. The lowest BCUT2D eigenvalue weighted by atomic mass is 10.0. The van der Waals surface area contributed by atoms with E-state index in [1.165, 1.54) is 23.6 Å². The van der Waals surface area contributed by atoms with E-state index in [0.717, 1.165) is 30.4 Å². The van der Waals surface area contributed by atoms with E-state index >= 15 is 0 Å². The molecule has 0 aromatic heterocycles. The summed E-state index contributed by atoms with van der Waals surface area (Å²) >= 11 is 0. The number of aliphatic hydroxyl groups excluding tert-OH is 2. The molecule has 0 aliphatic heterocycles. The molecule has 5 nitrogen and oxygen atoms in total. The van der Waals surface area contributed by atoms with Crippen LogP contribution < -0.4 is 5.32 Å². The second-order valence-electron chi connectivity index (χ2n) is 8.68. The summed E-state index contributed by atoms with van der Waals surface area (Å²) in [6, 6.07) is 22.4. The molecule has 35 heavy (non-hydrogen) atoms. The van der Waals surface area contributed by atoms with Gasteiger partial charge in [-0.3, -0.25) is 9.59 Å². The van der Waals surface area contributed by atoms with E-state index in [-0.39, 0.29) is 0 Å². The molecule has 0 spiro atoms. The first-order valence-corrected chi connectivity index (χ1v) is 11.7. The molecular weight excluding hydrogens is 438 g/mol. The molecule has 0 saturated heterocycles. The van der Waals surface area contributed by atoms with Crippen LogP contribution in [-0.4, -0.2) is 40.7 Å². The summed E-state index contributed by atoms with van der Waals surface area (Å²) in [5, 5.41) is 21.1. The van der Waals surface area contributed by atoms with Crippen molar-refractivity contribution >= 4 is 11.7 Å². The number of rotatable bonds is 9. The van der Waals surface area contributed by atoms with Crippen molar-refractivity contribution in [2.75, 3.05) is 6.61 Å². The van der Waals surface area contributed by atoms with Gasteiger partial charge < -0.3 is 15.5 Å². The summed E-state index contributed by atoms with van der Waals surface area (Å²) in [4.78, 5) is 24.1. The van der Waals surface area contributed by atoms with Crippen molar-refractivity contribution in [1.29, 1.82) is 0 Å².